The average molecular weight is 271 g/mol. The van der Waals surface area contributed by atoms with E-state index in [0.29, 0.717) is 4.90 Å². The minimum Gasteiger partial charge on any atom is -0.341 e. The molecule has 1 aliphatic rings. The molecule has 0 spiro atoms. The van der Waals surface area contributed by atoms with Gasteiger partial charge in [-0.15, -0.1) is 0 Å². The van der Waals surface area contributed by atoms with Gasteiger partial charge < -0.3 is 5.32 Å². The van der Waals surface area contributed by atoms with Gasteiger partial charge in [-0.1, -0.05) is 12.1 Å². The molecule has 0 aliphatic carbocycles. The fourth-order valence-corrected chi connectivity index (χ4v) is 2.63. The Bertz CT molecular complexity index is 469. The third-order valence-electron chi connectivity index (χ3n) is 2.25. The maximum Gasteiger partial charge on any atom is 0.284 e. The van der Waals surface area contributed by atoms with Crippen LogP contribution in [-0.4, -0.2) is 22.2 Å². The Kier molecular flexibility index (Phi) is 3.55. The Balaban J connectivity index is 2.04. The first-order valence-electron chi connectivity index (χ1n) is 4.74. The number of rotatable bonds is 4. The summed E-state index contributed by atoms with van der Waals surface area (Å²) in [4.78, 5) is 21.9. The van der Waals surface area contributed by atoms with Crippen LogP contribution in [0, 0.1) is 10.1 Å². The summed E-state index contributed by atoms with van der Waals surface area (Å²) in [5.41, 5.74) is 0.0143. The monoisotopic (exact) mass is 271 g/mol. The lowest BCUT2D eigenvalue weighted by Gasteiger charge is -2.33. The quantitative estimate of drug-likeness (QED) is 0.250. The number of nitro benzene ring substituents is 1. The Labute approximate surface area is 107 Å². The van der Waals surface area contributed by atoms with Gasteiger partial charge >= 0.3 is 0 Å². The molecule has 1 aromatic carbocycles. The highest BCUT2D eigenvalue weighted by Crippen LogP contribution is 2.28. The van der Waals surface area contributed by atoms with Gasteiger partial charge in [-0.3, -0.25) is 14.9 Å². The standard InChI is InChI=1S/C9H9N3O3S2/c13-8-7(9(16)10-8)11-17-6-4-2-1-3-5(6)12(14)15/h1-4,7,9,11,16H,(H,10,13). The topological polar surface area (TPSA) is 84.3 Å². The van der Waals surface area contributed by atoms with E-state index in [2.05, 4.69) is 22.7 Å². The molecule has 0 bridgehead atoms. The van der Waals surface area contributed by atoms with Crippen molar-refractivity contribution < 1.29 is 9.72 Å². The van der Waals surface area contributed by atoms with Crippen molar-refractivity contribution in [2.75, 3.05) is 0 Å². The summed E-state index contributed by atoms with van der Waals surface area (Å²) in [7, 11) is 0. The lowest BCUT2D eigenvalue weighted by Crippen LogP contribution is -2.64. The van der Waals surface area contributed by atoms with E-state index in [1.54, 1.807) is 18.2 Å². The van der Waals surface area contributed by atoms with Crippen LogP contribution >= 0.6 is 24.6 Å². The molecule has 0 radical (unpaired) electrons. The lowest BCUT2D eigenvalue weighted by molar-refractivity contribution is -0.387. The van der Waals surface area contributed by atoms with Crippen LogP contribution in [-0.2, 0) is 4.79 Å². The average Bonchev–Trinajstić information content (AvgIpc) is 2.29. The zero-order valence-electron chi connectivity index (χ0n) is 8.49. The molecule has 1 aromatic rings. The number of amides is 1. The highest BCUT2D eigenvalue weighted by atomic mass is 32.2. The molecule has 6 nitrogen and oxygen atoms in total. The van der Waals surface area contributed by atoms with Gasteiger partial charge in [-0.25, -0.2) is 4.72 Å². The van der Waals surface area contributed by atoms with Crippen molar-refractivity contribution in [3.63, 3.8) is 0 Å². The van der Waals surface area contributed by atoms with Gasteiger partial charge in [-0.2, -0.15) is 12.6 Å². The van der Waals surface area contributed by atoms with E-state index in [1.807, 2.05) is 0 Å². The molecule has 2 N–H and O–H groups in total. The zero-order chi connectivity index (χ0) is 12.4. The van der Waals surface area contributed by atoms with E-state index in [9.17, 15) is 14.9 Å². The van der Waals surface area contributed by atoms with Crippen LogP contribution in [0.15, 0.2) is 29.2 Å². The molecule has 2 rings (SSSR count). The molecule has 2 atom stereocenters. The SMILES string of the molecule is O=C1NC(S)C1NSc1ccccc1[N+](=O)[O-]. The van der Waals surface area contributed by atoms with E-state index in [1.165, 1.54) is 6.07 Å². The molecule has 1 aliphatic heterocycles. The second-order valence-electron chi connectivity index (χ2n) is 3.38. The smallest absolute Gasteiger partial charge is 0.284 e. The van der Waals surface area contributed by atoms with Gasteiger partial charge in [0, 0.05) is 6.07 Å². The lowest BCUT2D eigenvalue weighted by atomic mass is 10.2. The van der Waals surface area contributed by atoms with E-state index in [0.717, 1.165) is 11.9 Å². The van der Waals surface area contributed by atoms with Gasteiger partial charge in [-0.05, 0) is 18.0 Å². The van der Waals surface area contributed by atoms with Crippen molar-refractivity contribution in [2.45, 2.75) is 16.3 Å². The van der Waals surface area contributed by atoms with Crippen molar-refractivity contribution in [3.05, 3.63) is 34.4 Å². The number of hydrogen-bond donors (Lipinski definition) is 3. The zero-order valence-corrected chi connectivity index (χ0v) is 10.2. The van der Waals surface area contributed by atoms with E-state index >= 15 is 0 Å². The Morgan fingerprint density at radius 2 is 2.18 bits per heavy atom. The van der Waals surface area contributed by atoms with Crippen LogP contribution in [0.4, 0.5) is 5.69 Å². The third kappa shape index (κ3) is 2.54. The number of nitrogens with one attached hydrogen (secondary N) is 2. The highest BCUT2D eigenvalue weighted by molar-refractivity contribution is 7.97. The van der Waals surface area contributed by atoms with Crippen LogP contribution in [0.3, 0.4) is 0 Å². The van der Waals surface area contributed by atoms with Gasteiger partial charge in [0.1, 0.15) is 10.9 Å². The van der Waals surface area contributed by atoms with Crippen LogP contribution in [0.5, 0.6) is 0 Å². The van der Waals surface area contributed by atoms with Crippen molar-refractivity contribution in [1.29, 1.82) is 0 Å². The Morgan fingerprint density at radius 3 is 2.76 bits per heavy atom. The van der Waals surface area contributed by atoms with E-state index in [4.69, 9.17) is 0 Å². The molecule has 0 aromatic heterocycles. The molecule has 1 heterocycles. The maximum atomic E-state index is 11.1. The number of carbonyl (C=O) groups is 1. The second kappa shape index (κ2) is 4.94. The molecule has 17 heavy (non-hydrogen) atoms. The van der Waals surface area contributed by atoms with Crippen molar-refractivity contribution in [2.24, 2.45) is 0 Å². The van der Waals surface area contributed by atoms with Crippen LogP contribution in [0.1, 0.15) is 0 Å². The summed E-state index contributed by atoms with van der Waals surface area (Å²) in [5.74, 6) is -0.156. The van der Waals surface area contributed by atoms with E-state index in [-0.39, 0.29) is 17.0 Å². The number of hydrogen-bond acceptors (Lipinski definition) is 6. The highest BCUT2D eigenvalue weighted by Gasteiger charge is 2.36. The maximum absolute atomic E-state index is 11.1. The fraction of sp³-hybridized carbons (Fsp3) is 0.222. The molecule has 8 heteroatoms. The minimum absolute atomic E-state index is 0.0143. The fourth-order valence-electron chi connectivity index (χ4n) is 1.31. The number of carbonyl (C=O) groups excluding carboxylic acids is 1. The minimum atomic E-state index is -0.455. The third-order valence-corrected chi connectivity index (χ3v) is 3.61. The molecule has 2 unspecified atom stereocenters. The summed E-state index contributed by atoms with van der Waals surface area (Å²) in [6, 6.07) is 5.92. The molecule has 1 amide bonds. The van der Waals surface area contributed by atoms with Crippen LogP contribution in [0.2, 0.25) is 0 Å². The Morgan fingerprint density at radius 1 is 1.47 bits per heavy atom. The largest absolute Gasteiger partial charge is 0.341 e. The number of nitro groups is 1. The Hall–Kier alpha value is -1.25. The summed E-state index contributed by atoms with van der Waals surface area (Å²) < 4.78 is 2.85. The van der Waals surface area contributed by atoms with E-state index < -0.39 is 11.0 Å². The van der Waals surface area contributed by atoms with Gasteiger partial charge in [0.15, 0.2) is 0 Å². The number of nitrogens with zero attached hydrogens (tertiary/aromatic N) is 1. The van der Waals surface area contributed by atoms with Gasteiger partial charge in [0.2, 0.25) is 5.91 Å². The first kappa shape index (κ1) is 12.2. The molecule has 0 saturated carbocycles. The summed E-state index contributed by atoms with van der Waals surface area (Å²) in [5, 5.41) is 13.0. The van der Waals surface area contributed by atoms with Crippen LogP contribution < -0.4 is 10.0 Å². The molecule has 1 fully saturated rings. The predicted molar refractivity (Wildman–Crippen MR) is 66.8 cm³/mol. The van der Waals surface area contributed by atoms with Crippen molar-refractivity contribution in [1.82, 2.24) is 10.0 Å². The first-order valence-corrected chi connectivity index (χ1v) is 6.07. The number of para-hydroxylation sites is 1. The second-order valence-corrected chi connectivity index (χ2v) is 4.81. The molecule has 1 saturated heterocycles. The number of β-lactam (4-membered cyclic amide) rings is 1. The van der Waals surface area contributed by atoms with Gasteiger partial charge in [0.25, 0.3) is 5.69 Å². The van der Waals surface area contributed by atoms with Crippen molar-refractivity contribution >= 4 is 36.2 Å². The molecule has 90 valence electrons. The molecular weight excluding hydrogens is 262 g/mol. The summed E-state index contributed by atoms with van der Waals surface area (Å²) >= 11 is 5.18. The predicted octanol–water partition coefficient (Wildman–Crippen LogP) is 0.946. The van der Waals surface area contributed by atoms with Crippen molar-refractivity contribution in [3.8, 4) is 0 Å². The number of thiol groups is 1. The van der Waals surface area contributed by atoms with Crippen LogP contribution in [0.25, 0.3) is 0 Å². The normalized spacial score (nSPS) is 22.8. The molecular formula is C9H9N3O3S2. The number of benzene rings is 1. The summed E-state index contributed by atoms with van der Waals surface area (Å²) in [6.07, 6.45) is 0. The first-order chi connectivity index (χ1) is 8.09. The van der Waals surface area contributed by atoms with Gasteiger partial charge in [0.05, 0.1) is 10.3 Å². The summed E-state index contributed by atoms with van der Waals surface area (Å²) in [6.45, 7) is 0.